The molecule has 2 amide bonds. The van der Waals surface area contributed by atoms with Gasteiger partial charge in [-0.05, 0) is 12.5 Å². The first kappa shape index (κ1) is 18.5. The monoisotopic (exact) mass is 404 g/mol. The number of sulfone groups is 1. The van der Waals surface area contributed by atoms with Gasteiger partial charge in [0.2, 0.25) is 11.8 Å². The SMILES string of the molecule is O=C(NCc1cccnc1-n1cncn1)C1CC(=O)N(C2CCS(=O)(=O)C2)C1. The van der Waals surface area contributed by atoms with Crippen molar-refractivity contribution in [1.82, 2.24) is 30.0 Å². The van der Waals surface area contributed by atoms with E-state index in [1.807, 2.05) is 6.07 Å². The topological polar surface area (TPSA) is 127 Å². The molecule has 148 valence electrons. The fourth-order valence-corrected chi connectivity index (χ4v) is 5.43. The van der Waals surface area contributed by atoms with Crippen molar-refractivity contribution in [1.29, 1.82) is 0 Å². The molecule has 0 bridgehead atoms. The van der Waals surface area contributed by atoms with Gasteiger partial charge in [-0.15, -0.1) is 0 Å². The number of hydrogen-bond acceptors (Lipinski definition) is 7. The highest BCUT2D eigenvalue weighted by Crippen LogP contribution is 2.26. The maximum absolute atomic E-state index is 12.6. The Morgan fingerprint density at radius 3 is 2.93 bits per heavy atom. The van der Waals surface area contributed by atoms with Gasteiger partial charge in [-0.1, -0.05) is 6.07 Å². The number of carbonyl (C=O) groups is 2. The molecule has 2 unspecified atom stereocenters. The van der Waals surface area contributed by atoms with Gasteiger partial charge in [0, 0.05) is 37.3 Å². The van der Waals surface area contributed by atoms with Crippen LogP contribution < -0.4 is 5.32 Å². The average Bonchev–Trinajstić information content (AvgIpc) is 3.40. The van der Waals surface area contributed by atoms with E-state index in [1.54, 1.807) is 17.2 Å². The van der Waals surface area contributed by atoms with E-state index in [1.165, 1.54) is 17.3 Å². The van der Waals surface area contributed by atoms with Crippen LogP contribution in [0.5, 0.6) is 0 Å². The molecule has 0 aromatic carbocycles. The van der Waals surface area contributed by atoms with Crippen LogP contribution in [0.1, 0.15) is 18.4 Å². The number of likely N-dealkylation sites (tertiary alicyclic amines) is 1. The molecule has 2 fully saturated rings. The number of carbonyl (C=O) groups excluding carboxylic acids is 2. The lowest BCUT2D eigenvalue weighted by Gasteiger charge is -2.23. The second kappa shape index (κ2) is 7.30. The Hall–Kier alpha value is -2.82. The molecular formula is C17H20N6O4S. The van der Waals surface area contributed by atoms with Crippen LogP contribution in [0.2, 0.25) is 0 Å². The predicted octanol–water partition coefficient (Wildman–Crippen LogP) is -0.686. The Labute approximate surface area is 161 Å². The highest BCUT2D eigenvalue weighted by atomic mass is 32.2. The van der Waals surface area contributed by atoms with E-state index in [4.69, 9.17) is 0 Å². The van der Waals surface area contributed by atoms with Gasteiger partial charge >= 0.3 is 0 Å². The quantitative estimate of drug-likeness (QED) is 0.699. The molecular weight excluding hydrogens is 384 g/mol. The fraction of sp³-hybridized carbons (Fsp3) is 0.471. The third-order valence-corrected chi connectivity index (χ3v) is 6.89. The van der Waals surface area contributed by atoms with E-state index in [0.717, 1.165) is 5.56 Å². The molecule has 28 heavy (non-hydrogen) atoms. The molecule has 1 N–H and O–H groups in total. The van der Waals surface area contributed by atoms with Crippen molar-refractivity contribution in [3.05, 3.63) is 36.5 Å². The maximum atomic E-state index is 12.6. The average molecular weight is 404 g/mol. The molecule has 0 radical (unpaired) electrons. The van der Waals surface area contributed by atoms with Gasteiger partial charge < -0.3 is 10.2 Å². The molecule has 2 atom stereocenters. The number of nitrogens with zero attached hydrogens (tertiary/aromatic N) is 5. The molecule has 2 aliphatic rings. The standard InChI is InChI=1S/C17H20N6O4S/c24-15-6-13(8-22(15)14-3-5-28(26,27)9-14)17(25)20-7-12-2-1-4-19-16(12)23-11-18-10-21-23/h1-2,4,10-11,13-14H,3,5-9H2,(H,20,25). The van der Waals surface area contributed by atoms with Crippen molar-refractivity contribution in [3.63, 3.8) is 0 Å². The minimum Gasteiger partial charge on any atom is -0.352 e. The van der Waals surface area contributed by atoms with Gasteiger partial charge in [-0.2, -0.15) is 5.10 Å². The fourth-order valence-electron chi connectivity index (χ4n) is 3.70. The van der Waals surface area contributed by atoms with Gasteiger partial charge in [-0.25, -0.2) is 23.1 Å². The summed E-state index contributed by atoms with van der Waals surface area (Å²) in [6, 6.07) is 3.29. The number of amides is 2. The lowest BCUT2D eigenvalue weighted by molar-refractivity contribution is -0.130. The minimum absolute atomic E-state index is 0.00989. The summed E-state index contributed by atoms with van der Waals surface area (Å²) in [5, 5.41) is 6.91. The third-order valence-electron chi connectivity index (χ3n) is 5.13. The molecule has 4 rings (SSSR count). The summed E-state index contributed by atoms with van der Waals surface area (Å²) in [4.78, 5) is 34.6. The van der Waals surface area contributed by atoms with E-state index in [9.17, 15) is 18.0 Å². The van der Waals surface area contributed by atoms with Crippen LogP contribution >= 0.6 is 0 Å². The summed E-state index contributed by atoms with van der Waals surface area (Å²) in [5.74, 6) is -0.214. The van der Waals surface area contributed by atoms with Crippen LogP contribution in [-0.2, 0) is 26.0 Å². The molecule has 2 saturated heterocycles. The second-order valence-electron chi connectivity index (χ2n) is 7.05. The summed E-state index contributed by atoms with van der Waals surface area (Å²) in [6.07, 6.45) is 5.10. The van der Waals surface area contributed by atoms with Gasteiger partial charge in [0.15, 0.2) is 15.7 Å². The molecule has 0 aliphatic carbocycles. The first-order valence-electron chi connectivity index (χ1n) is 8.99. The molecule has 2 aromatic rings. The maximum Gasteiger partial charge on any atom is 0.225 e. The summed E-state index contributed by atoms with van der Waals surface area (Å²) in [6.45, 7) is 0.498. The van der Waals surface area contributed by atoms with E-state index in [-0.39, 0.29) is 48.9 Å². The van der Waals surface area contributed by atoms with Crippen LogP contribution in [-0.4, -0.2) is 69.0 Å². The molecule has 0 spiro atoms. The Balaban J connectivity index is 1.39. The number of hydrogen-bond donors (Lipinski definition) is 1. The number of rotatable bonds is 5. The summed E-state index contributed by atoms with van der Waals surface area (Å²) in [7, 11) is -3.08. The normalized spacial score (nSPS) is 23.9. The highest BCUT2D eigenvalue weighted by Gasteiger charge is 2.41. The summed E-state index contributed by atoms with van der Waals surface area (Å²) < 4.78 is 24.9. The molecule has 10 nitrogen and oxygen atoms in total. The van der Waals surface area contributed by atoms with Crippen LogP contribution in [0, 0.1) is 5.92 Å². The van der Waals surface area contributed by atoms with Gasteiger partial charge in [0.25, 0.3) is 0 Å². The number of aromatic nitrogens is 4. The number of nitrogens with one attached hydrogen (secondary N) is 1. The molecule has 0 saturated carbocycles. The zero-order chi connectivity index (χ0) is 19.7. The highest BCUT2D eigenvalue weighted by molar-refractivity contribution is 7.91. The Kier molecular flexibility index (Phi) is 4.84. The van der Waals surface area contributed by atoms with E-state index in [0.29, 0.717) is 12.2 Å². The van der Waals surface area contributed by atoms with E-state index < -0.39 is 15.8 Å². The third kappa shape index (κ3) is 3.75. The second-order valence-corrected chi connectivity index (χ2v) is 9.28. The zero-order valence-corrected chi connectivity index (χ0v) is 15.9. The largest absolute Gasteiger partial charge is 0.352 e. The first-order valence-corrected chi connectivity index (χ1v) is 10.8. The van der Waals surface area contributed by atoms with Crippen molar-refractivity contribution in [2.24, 2.45) is 5.92 Å². The predicted molar refractivity (Wildman–Crippen MR) is 97.9 cm³/mol. The van der Waals surface area contributed by atoms with Crippen molar-refractivity contribution >= 4 is 21.7 Å². The smallest absolute Gasteiger partial charge is 0.225 e. The van der Waals surface area contributed by atoms with Crippen LogP contribution in [0.3, 0.4) is 0 Å². The number of pyridine rings is 1. The Bertz CT molecular complexity index is 991. The summed E-state index contributed by atoms with van der Waals surface area (Å²) in [5.41, 5.74) is 0.768. The lowest BCUT2D eigenvalue weighted by atomic mass is 10.1. The van der Waals surface area contributed by atoms with Crippen molar-refractivity contribution in [3.8, 4) is 5.82 Å². The molecule has 11 heteroatoms. The van der Waals surface area contributed by atoms with Gasteiger partial charge in [0.05, 0.1) is 17.4 Å². The first-order chi connectivity index (χ1) is 13.4. The van der Waals surface area contributed by atoms with Gasteiger partial charge in [-0.3, -0.25) is 9.59 Å². The van der Waals surface area contributed by atoms with Crippen LogP contribution in [0.4, 0.5) is 0 Å². The van der Waals surface area contributed by atoms with Gasteiger partial charge in [0.1, 0.15) is 12.7 Å². The lowest BCUT2D eigenvalue weighted by Crippen LogP contribution is -2.39. The summed E-state index contributed by atoms with van der Waals surface area (Å²) >= 11 is 0. The molecule has 2 aliphatic heterocycles. The Morgan fingerprint density at radius 2 is 2.21 bits per heavy atom. The van der Waals surface area contributed by atoms with E-state index >= 15 is 0 Å². The van der Waals surface area contributed by atoms with Crippen molar-refractivity contribution < 1.29 is 18.0 Å². The zero-order valence-electron chi connectivity index (χ0n) is 15.1. The Morgan fingerprint density at radius 1 is 1.36 bits per heavy atom. The van der Waals surface area contributed by atoms with Crippen molar-refractivity contribution in [2.75, 3.05) is 18.1 Å². The van der Waals surface area contributed by atoms with Crippen LogP contribution in [0.25, 0.3) is 5.82 Å². The minimum atomic E-state index is -3.08. The van der Waals surface area contributed by atoms with Crippen LogP contribution in [0.15, 0.2) is 31.0 Å². The molecule has 4 heterocycles. The van der Waals surface area contributed by atoms with Crippen molar-refractivity contribution in [2.45, 2.75) is 25.4 Å². The van der Waals surface area contributed by atoms with E-state index in [2.05, 4.69) is 20.4 Å². The molecule has 2 aromatic heterocycles.